The average molecular weight is 446 g/mol. The van der Waals surface area contributed by atoms with E-state index in [2.05, 4.69) is 5.32 Å². The van der Waals surface area contributed by atoms with Gasteiger partial charge >= 0.3 is 5.97 Å². The van der Waals surface area contributed by atoms with Crippen LogP contribution in [0.4, 0.5) is 4.39 Å². The number of ether oxygens (including phenoxy) is 1. The smallest absolute Gasteiger partial charge is 0.340 e. The van der Waals surface area contributed by atoms with Crippen LogP contribution in [0.25, 0.3) is 0 Å². The van der Waals surface area contributed by atoms with Crippen molar-refractivity contribution in [3.05, 3.63) is 58.2 Å². The minimum atomic E-state index is -0.548. The lowest BCUT2D eigenvalue weighted by Crippen LogP contribution is -2.39. The van der Waals surface area contributed by atoms with Gasteiger partial charge in [-0.2, -0.15) is 0 Å². The normalized spacial score (nSPS) is 11.2. The number of benzene rings is 1. The van der Waals surface area contributed by atoms with Gasteiger partial charge in [-0.05, 0) is 51.9 Å². The quantitative estimate of drug-likeness (QED) is 0.448. The summed E-state index contributed by atoms with van der Waals surface area (Å²) in [7, 11) is 1.29. The molecule has 7 nitrogen and oxygen atoms in total. The van der Waals surface area contributed by atoms with Gasteiger partial charge in [0.15, 0.2) is 5.78 Å². The summed E-state index contributed by atoms with van der Waals surface area (Å²) in [6.45, 7) is 10.2. The minimum Gasteiger partial charge on any atom is -0.465 e. The Labute approximate surface area is 188 Å². The van der Waals surface area contributed by atoms with Crippen molar-refractivity contribution in [1.82, 2.24) is 14.8 Å². The number of hydrogen-bond acceptors (Lipinski definition) is 5. The summed E-state index contributed by atoms with van der Waals surface area (Å²) in [4.78, 5) is 39.8. The standard InChI is InChI=1S/C24H32FN3O4/c1-7-27(14-21(30)26-12-18-8-10-19(25)11-9-18)13-20(29)22-16(4)28(15(2)3)17(5)23(22)24(31)32-6/h8-11,15H,7,12-14H2,1-6H3,(H,26,30). The molecule has 0 radical (unpaired) electrons. The van der Waals surface area contributed by atoms with Crippen molar-refractivity contribution >= 4 is 17.7 Å². The molecular formula is C24H32FN3O4. The molecule has 1 N–H and O–H groups in total. The van der Waals surface area contributed by atoms with Gasteiger partial charge in [0.25, 0.3) is 0 Å². The first kappa shape index (κ1) is 25.3. The van der Waals surface area contributed by atoms with Gasteiger partial charge in [-0.3, -0.25) is 14.5 Å². The number of rotatable bonds is 10. The molecule has 0 aliphatic carbocycles. The molecule has 0 aliphatic rings. The third-order valence-corrected chi connectivity index (χ3v) is 5.47. The number of methoxy groups -OCH3 is 1. The number of Topliss-reactive ketones (excluding diaryl/α,β-unsaturated/α-hetero) is 1. The number of ketones is 1. The van der Waals surface area contributed by atoms with Crippen molar-refractivity contribution in [1.29, 1.82) is 0 Å². The zero-order valence-electron chi connectivity index (χ0n) is 19.6. The zero-order valence-corrected chi connectivity index (χ0v) is 19.6. The molecule has 2 aromatic rings. The maximum Gasteiger partial charge on any atom is 0.340 e. The van der Waals surface area contributed by atoms with Crippen LogP contribution in [0, 0.1) is 19.7 Å². The monoisotopic (exact) mass is 445 g/mol. The molecule has 0 bridgehead atoms. The number of carbonyl (C=O) groups excluding carboxylic acids is 3. The van der Waals surface area contributed by atoms with Gasteiger partial charge in [0.1, 0.15) is 5.82 Å². The van der Waals surface area contributed by atoms with E-state index in [1.54, 1.807) is 24.0 Å². The van der Waals surface area contributed by atoms with E-state index in [0.29, 0.717) is 23.5 Å². The van der Waals surface area contributed by atoms with Crippen LogP contribution in [-0.2, 0) is 16.1 Å². The van der Waals surface area contributed by atoms with E-state index in [9.17, 15) is 18.8 Å². The lowest BCUT2D eigenvalue weighted by atomic mass is 10.0. The number of hydrogen-bond donors (Lipinski definition) is 1. The molecule has 32 heavy (non-hydrogen) atoms. The SMILES string of the molecule is CCN(CC(=O)NCc1ccc(F)cc1)CC(=O)c1c(C(=O)OC)c(C)n(C(C)C)c1C. The second-order valence-corrected chi connectivity index (χ2v) is 8.01. The molecule has 1 amide bonds. The molecule has 174 valence electrons. The molecule has 1 heterocycles. The highest BCUT2D eigenvalue weighted by Gasteiger charge is 2.29. The van der Waals surface area contributed by atoms with E-state index in [0.717, 1.165) is 5.56 Å². The first-order chi connectivity index (χ1) is 15.1. The number of esters is 1. The van der Waals surface area contributed by atoms with Crippen LogP contribution in [0.2, 0.25) is 0 Å². The summed E-state index contributed by atoms with van der Waals surface area (Å²) in [5.74, 6) is -1.37. The van der Waals surface area contributed by atoms with Gasteiger partial charge in [-0.1, -0.05) is 19.1 Å². The van der Waals surface area contributed by atoms with Gasteiger partial charge in [-0.25, -0.2) is 9.18 Å². The summed E-state index contributed by atoms with van der Waals surface area (Å²) in [6.07, 6.45) is 0. The van der Waals surface area contributed by atoms with Crippen LogP contribution < -0.4 is 5.32 Å². The van der Waals surface area contributed by atoms with E-state index in [-0.39, 0.29) is 48.7 Å². The van der Waals surface area contributed by atoms with Crippen LogP contribution in [0.5, 0.6) is 0 Å². The zero-order chi connectivity index (χ0) is 24.0. The molecule has 0 fully saturated rings. The predicted octanol–water partition coefficient (Wildman–Crippen LogP) is 3.43. The molecule has 2 rings (SSSR count). The van der Waals surface area contributed by atoms with Crippen molar-refractivity contribution < 1.29 is 23.5 Å². The topological polar surface area (TPSA) is 80.6 Å². The van der Waals surface area contributed by atoms with Crippen molar-refractivity contribution in [2.75, 3.05) is 26.7 Å². The Bertz CT molecular complexity index is 980. The summed E-state index contributed by atoms with van der Waals surface area (Å²) < 4.78 is 19.9. The van der Waals surface area contributed by atoms with Gasteiger partial charge in [-0.15, -0.1) is 0 Å². The van der Waals surface area contributed by atoms with Crippen LogP contribution >= 0.6 is 0 Å². The Morgan fingerprint density at radius 3 is 2.19 bits per heavy atom. The molecular weight excluding hydrogens is 413 g/mol. The van der Waals surface area contributed by atoms with E-state index < -0.39 is 5.97 Å². The van der Waals surface area contributed by atoms with Gasteiger partial charge in [0, 0.05) is 24.0 Å². The van der Waals surface area contributed by atoms with Gasteiger partial charge in [0.2, 0.25) is 5.91 Å². The second kappa shape index (κ2) is 11.0. The van der Waals surface area contributed by atoms with Crippen molar-refractivity contribution in [2.24, 2.45) is 0 Å². The lowest BCUT2D eigenvalue weighted by molar-refractivity contribution is -0.122. The highest BCUT2D eigenvalue weighted by Crippen LogP contribution is 2.27. The van der Waals surface area contributed by atoms with Gasteiger partial charge in [0.05, 0.1) is 31.3 Å². The number of carbonyl (C=O) groups is 3. The maximum absolute atomic E-state index is 13.2. The second-order valence-electron chi connectivity index (χ2n) is 8.01. The Hall–Kier alpha value is -3.00. The molecule has 1 aromatic carbocycles. The summed E-state index contributed by atoms with van der Waals surface area (Å²) >= 11 is 0. The fraction of sp³-hybridized carbons (Fsp3) is 0.458. The maximum atomic E-state index is 13.2. The Morgan fingerprint density at radius 1 is 1.06 bits per heavy atom. The summed E-state index contributed by atoms with van der Waals surface area (Å²) in [5.41, 5.74) is 2.80. The first-order valence-corrected chi connectivity index (χ1v) is 10.7. The molecule has 0 unspecified atom stereocenters. The summed E-state index contributed by atoms with van der Waals surface area (Å²) in [5, 5.41) is 2.78. The molecule has 0 saturated heterocycles. The highest BCUT2D eigenvalue weighted by atomic mass is 19.1. The molecule has 0 aliphatic heterocycles. The summed E-state index contributed by atoms with van der Waals surface area (Å²) in [6, 6.07) is 5.96. The van der Waals surface area contributed by atoms with Crippen LogP contribution in [0.1, 0.15) is 64.5 Å². The fourth-order valence-electron chi connectivity index (χ4n) is 3.95. The number of amides is 1. The third kappa shape index (κ3) is 5.82. The highest BCUT2D eigenvalue weighted by molar-refractivity contribution is 6.09. The minimum absolute atomic E-state index is 0.00709. The number of nitrogens with zero attached hydrogens (tertiary/aromatic N) is 2. The van der Waals surface area contributed by atoms with Crippen molar-refractivity contribution in [2.45, 2.75) is 47.2 Å². The number of halogens is 1. The molecule has 1 aromatic heterocycles. The van der Waals surface area contributed by atoms with E-state index in [4.69, 9.17) is 4.74 Å². The largest absolute Gasteiger partial charge is 0.465 e. The van der Waals surface area contributed by atoms with Gasteiger partial charge < -0.3 is 14.6 Å². The number of aromatic nitrogens is 1. The van der Waals surface area contributed by atoms with Crippen LogP contribution in [0.15, 0.2) is 24.3 Å². The van der Waals surface area contributed by atoms with E-state index in [1.807, 2.05) is 32.3 Å². The molecule has 0 atom stereocenters. The Morgan fingerprint density at radius 2 is 1.66 bits per heavy atom. The Balaban J connectivity index is 2.14. The van der Waals surface area contributed by atoms with E-state index >= 15 is 0 Å². The molecule has 0 saturated carbocycles. The number of likely N-dealkylation sites (N-methyl/N-ethyl adjacent to an activating group) is 1. The fourth-order valence-corrected chi connectivity index (χ4v) is 3.95. The number of nitrogens with one attached hydrogen (secondary N) is 1. The van der Waals surface area contributed by atoms with E-state index in [1.165, 1.54) is 19.2 Å². The van der Waals surface area contributed by atoms with Crippen molar-refractivity contribution in [3.8, 4) is 0 Å². The third-order valence-electron chi connectivity index (χ3n) is 5.47. The average Bonchev–Trinajstić information content (AvgIpc) is 3.02. The molecule has 8 heteroatoms. The van der Waals surface area contributed by atoms with Crippen LogP contribution in [-0.4, -0.2) is 53.9 Å². The van der Waals surface area contributed by atoms with Crippen molar-refractivity contribution in [3.63, 3.8) is 0 Å². The molecule has 0 spiro atoms. The predicted molar refractivity (Wildman–Crippen MR) is 120 cm³/mol. The lowest BCUT2D eigenvalue weighted by Gasteiger charge is -2.19. The van der Waals surface area contributed by atoms with Crippen LogP contribution in [0.3, 0.4) is 0 Å². The first-order valence-electron chi connectivity index (χ1n) is 10.7. The Kier molecular flexibility index (Phi) is 8.72.